The summed E-state index contributed by atoms with van der Waals surface area (Å²) in [6, 6.07) is 12.2. The maximum Gasteiger partial charge on any atom is 0.252 e. The Morgan fingerprint density at radius 1 is 0.914 bits per heavy atom. The van der Waals surface area contributed by atoms with E-state index in [9.17, 15) is 9.59 Å². The first-order valence-electron chi connectivity index (χ1n) is 12.8. The molecule has 0 saturated carbocycles. The summed E-state index contributed by atoms with van der Waals surface area (Å²) in [6.07, 6.45) is 3.62. The summed E-state index contributed by atoms with van der Waals surface area (Å²) < 4.78 is 17.0. The molecule has 0 unspecified atom stereocenters. The molecule has 190 valence electrons. The van der Waals surface area contributed by atoms with Crippen molar-refractivity contribution in [3.05, 3.63) is 59.2 Å². The average molecular weight is 483 g/mol. The summed E-state index contributed by atoms with van der Waals surface area (Å²) in [5.74, 6) is 0.727. The third-order valence-electron chi connectivity index (χ3n) is 5.84. The third-order valence-corrected chi connectivity index (χ3v) is 5.84. The number of nitrogens with zero attached hydrogens (tertiary/aromatic N) is 1. The molecular formula is C28H38N2O5. The van der Waals surface area contributed by atoms with Gasteiger partial charge in [-0.2, -0.15) is 0 Å². The van der Waals surface area contributed by atoms with Crippen LogP contribution in [0.1, 0.15) is 65.8 Å². The lowest BCUT2D eigenvalue weighted by atomic mass is 9.97. The number of carbonyl (C=O) groups excluding carboxylic acids is 2. The van der Waals surface area contributed by atoms with E-state index >= 15 is 0 Å². The van der Waals surface area contributed by atoms with Crippen LogP contribution in [0.2, 0.25) is 0 Å². The van der Waals surface area contributed by atoms with E-state index in [-0.39, 0.29) is 11.7 Å². The monoisotopic (exact) mass is 482 g/mol. The Morgan fingerprint density at radius 2 is 1.60 bits per heavy atom. The summed E-state index contributed by atoms with van der Waals surface area (Å²) >= 11 is 0. The molecule has 3 rings (SSSR count). The minimum absolute atomic E-state index is 0.216. The number of ketones is 1. The summed E-state index contributed by atoms with van der Waals surface area (Å²) in [6.45, 7) is 10.3. The Labute approximate surface area is 208 Å². The number of amides is 1. The molecule has 35 heavy (non-hydrogen) atoms. The molecule has 1 heterocycles. The molecule has 2 aromatic rings. The topological polar surface area (TPSA) is 77.1 Å². The Balaban J connectivity index is 1.63. The zero-order valence-corrected chi connectivity index (χ0v) is 21.0. The van der Waals surface area contributed by atoms with Crippen LogP contribution in [0.15, 0.2) is 42.5 Å². The Bertz CT molecular complexity index is 956. The second-order valence-electron chi connectivity index (χ2n) is 8.65. The van der Waals surface area contributed by atoms with E-state index in [0.29, 0.717) is 47.9 Å². The van der Waals surface area contributed by atoms with Gasteiger partial charge in [-0.1, -0.05) is 32.0 Å². The van der Waals surface area contributed by atoms with Crippen molar-refractivity contribution in [1.82, 2.24) is 10.2 Å². The molecule has 7 nitrogen and oxygen atoms in total. The molecule has 0 spiro atoms. The van der Waals surface area contributed by atoms with Crippen molar-refractivity contribution in [2.45, 2.75) is 39.5 Å². The molecule has 0 radical (unpaired) electrons. The van der Waals surface area contributed by atoms with Crippen LogP contribution in [0.25, 0.3) is 0 Å². The van der Waals surface area contributed by atoms with E-state index in [1.54, 1.807) is 42.5 Å². The largest absolute Gasteiger partial charge is 0.490 e. The number of nitrogens with one attached hydrogen (secondary N) is 1. The molecule has 1 fully saturated rings. The lowest BCUT2D eigenvalue weighted by molar-refractivity contribution is 0.0372. The van der Waals surface area contributed by atoms with Gasteiger partial charge in [0, 0.05) is 30.8 Å². The number of ether oxygens (including phenoxy) is 3. The molecule has 7 heteroatoms. The Kier molecular flexibility index (Phi) is 11.1. The van der Waals surface area contributed by atoms with E-state index < -0.39 is 0 Å². The molecule has 1 aliphatic rings. The van der Waals surface area contributed by atoms with Crippen LogP contribution in [-0.4, -0.2) is 69.2 Å². The predicted molar refractivity (Wildman–Crippen MR) is 137 cm³/mol. The van der Waals surface area contributed by atoms with E-state index in [0.717, 1.165) is 58.5 Å². The number of morpholine rings is 1. The molecule has 1 saturated heterocycles. The van der Waals surface area contributed by atoms with Crippen LogP contribution in [-0.2, 0) is 4.74 Å². The van der Waals surface area contributed by atoms with Crippen molar-refractivity contribution in [3.63, 3.8) is 0 Å². The first kappa shape index (κ1) is 26.7. The van der Waals surface area contributed by atoms with Crippen molar-refractivity contribution in [3.8, 4) is 11.5 Å². The van der Waals surface area contributed by atoms with Crippen molar-refractivity contribution in [2.75, 3.05) is 52.6 Å². The second-order valence-corrected chi connectivity index (χ2v) is 8.65. The summed E-state index contributed by atoms with van der Waals surface area (Å²) in [4.78, 5) is 28.7. The molecule has 1 amide bonds. The van der Waals surface area contributed by atoms with Gasteiger partial charge in [-0.15, -0.1) is 0 Å². The van der Waals surface area contributed by atoms with E-state index in [4.69, 9.17) is 14.2 Å². The molecule has 1 aliphatic heterocycles. The fourth-order valence-corrected chi connectivity index (χ4v) is 3.92. The first-order chi connectivity index (χ1) is 17.1. The maximum absolute atomic E-state index is 13.4. The van der Waals surface area contributed by atoms with Gasteiger partial charge < -0.3 is 19.5 Å². The highest BCUT2D eigenvalue weighted by atomic mass is 16.5. The molecule has 0 atom stereocenters. The minimum Gasteiger partial charge on any atom is -0.490 e. The third kappa shape index (κ3) is 8.08. The van der Waals surface area contributed by atoms with Crippen LogP contribution < -0.4 is 14.8 Å². The number of hydrogen-bond acceptors (Lipinski definition) is 6. The van der Waals surface area contributed by atoms with Gasteiger partial charge in [-0.3, -0.25) is 14.5 Å². The summed E-state index contributed by atoms with van der Waals surface area (Å²) in [5.41, 5.74) is 1.22. The summed E-state index contributed by atoms with van der Waals surface area (Å²) in [5, 5.41) is 2.98. The smallest absolute Gasteiger partial charge is 0.252 e. The summed E-state index contributed by atoms with van der Waals surface area (Å²) in [7, 11) is 0. The fourth-order valence-electron chi connectivity index (χ4n) is 3.92. The van der Waals surface area contributed by atoms with E-state index in [2.05, 4.69) is 10.2 Å². The number of hydrogen-bond donors (Lipinski definition) is 1. The molecule has 0 aromatic heterocycles. The molecule has 0 aliphatic carbocycles. The SMILES string of the molecule is CCCOc1ccc(C(=O)c2ccccc2C(=O)NCCCCN2CCOCC2)cc1OCCC. The van der Waals surface area contributed by atoms with Crippen LogP contribution in [0, 0.1) is 0 Å². The lowest BCUT2D eigenvalue weighted by Crippen LogP contribution is -2.37. The number of rotatable bonds is 14. The van der Waals surface area contributed by atoms with Crippen molar-refractivity contribution >= 4 is 11.7 Å². The van der Waals surface area contributed by atoms with Gasteiger partial charge in [-0.05, 0) is 56.5 Å². The van der Waals surface area contributed by atoms with Crippen LogP contribution in [0.5, 0.6) is 11.5 Å². The first-order valence-corrected chi connectivity index (χ1v) is 12.8. The number of benzene rings is 2. The lowest BCUT2D eigenvalue weighted by Gasteiger charge is -2.26. The van der Waals surface area contributed by atoms with Crippen LogP contribution in [0.3, 0.4) is 0 Å². The van der Waals surface area contributed by atoms with Gasteiger partial charge in [-0.25, -0.2) is 0 Å². The highest BCUT2D eigenvalue weighted by Crippen LogP contribution is 2.30. The van der Waals surface area contributed by atoms with Crippen molar-refractivity contribution in [1.29, 1.82) is 0 Å². The highest BCUT2D eigenvalue weighted by molar-refractivity contribution is 6.15. The highest BCUT2D eigenvalue weighted by Gasteiger charge is 2.20. The van der Waals surface area contributed by atoms with Crippen LogP contribution in [0.4, 0.5) is 0 Å². The van der Waals surface area contributed by atoms with E-state index in [1.165, 1.54) is 0 Å². The second kappa shape index (κ2) is 14.5. The van der Waals surface area contributed by atoms with E-state index in [1.807, 2.05) is 13.8 Å². The Hall–Kier alpha value is -2.90. The van der Waals surface area contributed by atoms with Gasteiger partial charge in [0.1, 0.15) is 0 Å². The van der Waals surface area contributed by atoms with Gasteiger partial charge in [0.15, 0.2) is 17.3 Å². The van der Waals surface area contributed by atoms with Crippen molar-refractivity contribution in [2.24, 2.45) is 0 Å². The average Bonchev–Trinajstić information content (AvgIpc) is 2.90. The Morgan fingerprint density at radius 3 is 2.31 bits per heavy atom. The normalized spacial score (nSPS) is 13.9. The zero-order valence-electron chi connectivity index (χ0n) is 21.0. The van der Waals surface area contributed by atoms with Gasteiger partial charge in [0.2, 0.25) is 0 Å². The van der Waals surface area contributed by atoms with Gasteiger partial charge >= 0.3 is 0 Å². The molecule has 1 N–H and O–H groups in total. The van der Waals surface area contributed by atoms with Crippen LogP contribution >= 0.6 is 0 Å². The molecule has 0 bridgehead atoms. The predicted octanol–water partition coefficient (Wildman–Crippen LogP) is 4.34. The van der Waals surface area contributed by atoms with Gasteiger partial charge in [0.25, 0.3) is 5.91 Å². The maximum atomic E-state index is 13.4. The number of unbranched alkanes of at least 4 members (excludes halogenated alkanes) is 1. The quantitative estimate of drug-likeness (QED) is 0.319. The zero-order chi connectivity index (χ0) is 24.9. The minimum atomic E-state index is -0.231. The number of carbonyl (C=O) groups is 2. The molecule has 2 aromatic carbocycles. The standard InChI is InChI=1S/C28H38N2O5/c1-3-17-34-25-12-11-22(21-26(25)35-18-4-2)27(31)23-9-5-6-10-24(23)28(32)29-13-7-8-14-30-15-19-33-20-16-30/h5-6,9-12,21H,3-4,7-8,13-20H2,1-2H3,(H,29,32). The van der Waals surface area contributed by atoms with Gasteiger partial charge in [0.05, 0.1) is 32.0 Å². The molecular weight excluding hydrogens is 444 g/mol. The fraction of sp³-hybridized carbons (Fsp3) is 0.500. The van der Waals surface area contributed by atoms with Crippen molar-refractivity contribution < 1.29 is 23.8 Å².